The number of hydrogen-bond donors (Lipinski definition) is 1. The topological polar surface area (TPSA) is 30.7 Å². The Morgan fingerprint density at radius 2 is 1.88 bits per heavy atom. The van der Waals surface area contributed by atoms with Crippen LogP contribution in [0.1, 0.15) is 26.3 Å². The van der Waals surface area contributed by atoms with Gasteiger partial charge in [0.05, 0.1) is 0 Å². The maximum absolute atomic E-state index is 11.9. The van der Waals surface area contributed by atoms with E-state index in [2.05, 4.69) is 0 Å². The third-order valence-corrected chi connectivity index (χ3v) is 2.30. The highest BCUT2D eigenvalue weighted by atomic mass is 35.5. The summed E-state index contributed by atoms with van der Waals surface area (Å²) in [5.74, 6) is 0. The summed E-state index contributed by atoms with van der Waals surface area (Å²) in [5.41, 5.74) is 1.58. The Balaban J connectivity index is 0.00000144. The number of alkyl carbamates (subject to hydrolysis) is 1. The van der Waals surface area contributed by atoms with Gasteiger partial charge in [-0.2, -0.15) is 9.69 Å². The zero-order valence-corrected chi connectivity index (χ0v) is 10.9. The van der Waals surface area contributed by atoms with E-state index >= 15 is 0 Å². The molecule has 0 fully saturated rings. The van der Waals surface area contributed by atoms with Crippen molar-refractivity contribution in [3.8, 4) is 0 Å². The van der Waals surface area contributed by atoms with E-state index in [0.717, 1.165) is 11.3 Å². The lowest BCUT2D eigenvalue weighted by atomic mass is 10.2. The number of nitrogens with one attached hydrogen (secondary N) is 1. The summed E-state index contributed by atoms with van der Waals surface area (Å²) in [5, 5.41) is 0. The molecule has 0 aliphatic carbocycles. The highest BCUT2D eigenvalue weighted by molar-refractivity contribution is 5.72. The minimum absolute atomic E-state index is 0. The molecule has 0 bridgehead atoms. The minimum atomic E-state index is -0.449. The second-order valence-corrected chi connectivity index (χ2v) is 4.84. The Bertz CT molecular complexity index is 449. The summed E-state index contributed by atoms with van der Waals surface area (Å²) >= 11 is 0. The van der Waals surface area contributed by atoms with Gasteiger partial charge >= 0.3 is 6.09 Å². The van der Waals surface area contributed by atoms with E-state index in [4.69, 9.17) is 4.74 Å². The molecule has 0 spiro atoms. The number of halogens is 1. The quantitative estimate of drug-likeness (QED) is 0.652. The molecule has 1 unspecified atom stereocenters. The normalized spacial score (nSPS) is 17.2. The van der Waals surface area contributed by atoms with Crippen LogP contribution in [0.15, 0.2) is 30.5 Å². The van der Waals surface area contributed by atoms with Gasteiger partial charge in [-0.05, 0) is 26.8 Å². The van der Waals surface area contributed by atoms with E-state index < -0.39 is 5.60 Å². The van der Waals surface area contributed by atoms with Gasteiger partial charge in [0.15, 0.2) is 5.69 Å². The van der Waals surface area contributed by atoms with E-state index in [0.29, 0.717) is 4.90 Å². The second kappa shape index (κ2) is 4.90. The fourth-order valence-corrected chi connectivity index (χ4v) is 1.66. The van der Waals surface area contributed by atoms with Gasteiger partial charge in [-0.1, -0.05) is 12.1 Å². The molecule has 1 aliphatic heterocycles. The zero-order chi connectivity index (χ0) is 11.8. The Morgan fingerprint density at radius 1 is 1.24 bits per heavy atom. The molecule has 1 aromatic rings. The lowest BCUT2D eigenvalue weighted by molar-refractivity contribution is -0.689. The molecule has 0 aromatic heterocycles. The largest absolute Gasteiger partial charge is 1.00 e. The van der Waals surface area contributed by atoms with Crippen LogP contribution in [0.3, 0.4) is 0 Å². The van der Waals surface area contributed by atoms with Crippen LogP contribution in [0.5, 0.6) is 0 Å². The minimum Gasteiger partial charge on any atom is -1.00 e. The Morgan fingerprint density at radius 3 is 2.53 bits per heavy atom. The van der Waals surface area contributed by atoms with Crippen LogP contribution < -0.4 is 17.3 Å². The smallest absolute Gasteiger partial charge is 0.524 e. The molecule has 0 saturated carbocycles. The molecule has 0 radical (unpaired) electrons. The Hall–Kier alpha value is -1.32. The average Bonchev–Trinajstić information content (AvgIpc) is 2.58. The Labute approximate surface area is 107 Å². The summed E-state index contributed by atoms with van der Waals surface area (Å²) in [7, 11) is 0. The summed E-state index contributed by atoms with van der Waals surface area (Å²) in [6.07, 6.45) is 3.50. The standard InChI is InChI=1S/C13H15NO2.ClH/c1-13(2,3)16-12(15)14-9-8-10-6-4-5-7-11(10)14;/h4-9H,1-3H3;1H. The molecule has 0 saturated heterocycles. The van der Waals surface area contributed by atoms with Crippen molar-refractivity contribution in [2.24, 2.45) is 0 Å². The predicted molar refractivity (Wildman–Crippen MR) is 62.3 cm³/mol. The molecule has 17 heavy (non-hydrogen) atoms. The lowest BCUT2D eigenvalue weighted by Gasteiger charge is -2.19. The van der Waals surface area contributed by atoms with Crippen LogP contribution in [0.4, 0.5) is 10.5 Å². The van der Waals surface area contributed by atoms with Crippen LogP contribution in [-0.4, -0.2) is 11.7 Å². The summed E-state index contributed by atoms with van der Waals surface area (Å²) in [4.78, 5) is 12.6. The Kier molecular flexibility index (Phi) is 3.96. The third kappa shape index (κ3) is 3.08. The first-order valence-corrected chi connectivity index (χ1v) is 5.35. The van der Waals surface area contributed by atoms with Crippen LogP contribution >= 0.6 is 0 Å². The fraction of sp³-hybridized carbons (Fsp3) is 0.308. The molecule has 1 N–H and O–H groups in total. The number of quaternary nitrogens is 1. The van der Waals surface area contributed by atoms with Crippen LogP contribution in [0.25, 0.3) is 6.08 Å². The van der Waals surface area contributed by atoms with E-state index in [-0.39, 0.29) is 18.5 Å². The van der Waals surface area contributed by atoms with Crippen LogP contribution in [-0.2, 0) is 4.74 Å². The second-order valence-electron chi connectivity index (χ2n) is 4.84. The number of carbonyl (C=O) groups is 1. The van der Waals surface area contributed by atoms with Crippen molar-refractivity contribution in [2.75, 3.05) is 0 Å². The molecule has 1 heterocycles. The molecule has 92 valence electrons. The van der Waals surface area contributed by atoms with Crippen molar-refractivity contribution in [3.05, 3.63) is 36.0 Å². The molecule has 1 amide bonds. The molecular weight excluding hydrogens is 238 g/mol. The summed E-state index contributed by atoms with van der Waals surface area (Å²) in [6, 6.07) is 7.81. The number of fused-ring (bicyclic) bond motifs is 1. The first-order chi connectivity index (χ1) is 7.47. The number of carbonyl (C=O) groups excluding carboxylic acids is 1. The molecular formula is C13H16ClNO2. The van der Waals surface area contributed by atoms with Crippen molar-refractivity contribution < 1.29 is 26.8 Å². The average molecular weight is 254 g/mol. The van der Waals surface area contributed by atoms with E-state index in [1.807, 2.05) is 57.3 Å². The van der Waals surface area contributed by atoms with Crippen LogP contribution in [0.2, 0.25) is 0 Å². The van der Waals surface area contributed by atoms with Gasteiger partial charge in [0, 0.05) is 17.7 Å². The van der Waals surface area contributed by atoms with E-state index in [9.17, 15) is 4.79 Å². The number of hydrogen-bond acceptors (Lipinski definition) is 2. The van der Waals surface area contributed by atoms with E-state index in [1.54, 1.807) is 0 Å². The van der Waals surface area contributed by atoms with Crippen molar-refractivity contribution >= 4 is 17.9 Å². The third-order valence-electron chi connectivity index (χ3n) is 2.30. The van der Waals surface area contributed by atoms with Gasteiger partial charge in [-0.3, -0.25) is 0 Å². The molecule has 3 nitrogen and oxygen atoms in total. The number of para-hydroxylation sites is 1. The SMILES string of the molecule is CC(C)(C)OC(=O)[NH+]1C=Cc2ccccc21.[Cl-]. The maximum Gasteiger partial charge on any atom is 0.524 e. The fourth-order valence-electron chi connectivity index (χ4n) is 1.66. The monoisotopic (exact) mass is 253 g/mol. The van der Waals surface area contributed by atoms with Gasteiger partial charge in [-0.15, -0.1) is 0 Å². The predicted octanol–water partition coefficient (Wildman–Crippen LogP) is -0.874. The van der Waals surface area contributed by atoms with Crippen molar-refractivity contribution in [1.82, 2.24) is 0 Å². The van der Waals surface area contributed by atoms with Gasteiger partial charge in [0.2, 0.25) is 0 Å². The molecule has 1 aromatic carbocycles. The van der Waals surface area contributed by atoms with Gasteiger partial charge in [-0.25, -0.2) is 0 Å². The van der Waals surface area contributed by atoms with Gasteiger partial charge in [0.1, 0.15) is 11.8 Å². The number of amides is 1. The summed E-state index contributed by atoms with van der Waals surface area (Å²) in [6.45, 7) is 5.61. The number of rotatable bonds is 0. The highest BCUT2D eigenvalue weighted by Crippen LogP contribution is 2.17. The highest BCUT2D eigenvalue weighted by Gasteiger charge is 2.31. The summed E-state index contributed by atoms with van der Waals surface area (Å²) < 4.78 is 5.35. The first kappa shape index (κ1) is 13.7. The number of benzene rings is 1. The molecule has 1 atom stereocenters. The zero-order valence-electron chi connectivity index (χ0n) is 10.2. The van der Waals surface area contributed by atoms with Crippen molar-refractivity contribution in [3.63, 3.8) is 0 Å². The molecule has 2 rings (SSSR count). The van der Waals surface area contributed by atoms with Crippen LogP contribution in [0, 0.1) is 0 Å². The first-order valence-electron chi connectivity index (χ1n) is 5.35. The maximum atomic E-state index is 11.9. The van der Waals surface area contributed by atoms with Gasteiger partial charge in [0.25, 0.3) is 0 Å². The number of ether oxygens (including phenoxy) is 1. The van der Waals surface area contributed by atoms with E-state index in [1.165, 1.54) is 0 Å². The lowest BCUT2D eigenvalue weighted by Crippen LogP contribution is -3.05. The van der Waals surface area contributed by atoms with Crippen molar-refractivity contribution in [1.29, 1.82) is 0 Å². The molecule has 4 heteroatoms. The van der Waals surface area contributed by atoms with Gasteiger partial charge < -0.3 is 17.1 Å². The molecule has 1 aliphatic rings. The van der Waals surface area contributed by atoms with Crippen molar-refractivity contribution in [2.45, 2.75) is 26.4 Å².